The van der Waals surface area contributed by atoms with Gasteiger partial charge < -0.3 is 1.43 Å². The smallest absolute Gasteiger partial charge is 1.00 e. The average Bonchev–Trinajstić information content (AvgIpc) is 2.08. The van der Waals surface area contributed by atoms with Crippen molar-refractivity contribution in [2.24, 2.45) is 0 Å². The SMILES string of the molecule is CCCCCCCC/C=C/S(=O)(=O)O.[H-].[Na+]. The van der Waals surface area contributed by atoms with E-state index in [-0.39, 0.29) is 31.0 Å². The molecule has 0 spiro atoms. The molecule has 0 rings (SSSR count). The average molecular weight is 244 g/mol. The number of allylic oxidation sites excluding steroid dienone is 1. The molecule has 0 heterocycles. The van der Waals surface area contributed by atoms with Gasteiger partial charge in [0.05, 0.1) is 5.41 Å². The number of unbranched alkanes of at least 4 members (excludes halogenated alkanes) is 6. The second kappa shape index (κ2) is 11.1. The van der Waals surface area contributed by atoms with E-state index in [4.69, 9.17) is 4.55 Å². The molecule has 0 aromatic heterocycles. The van der Waals surface area contributed by atoms with E-state index in [0.717, 1.165) is 24.7 Å². The first kappa shape index (κ1) is 18.0. The molecule has 0 bridgehead atoms. The Morgan fingerprint density at radius 1 is 1.13 bits per heavy atom. The summed E-state index contributed by atoms with van der Waals surface area (Å²) in [4.78, 5) is 0. The second-order valence-corrected chi connectivity index (χ2v) is 4.75. The van der Waals surface area contributed by atoms with E-state index < -0.39 is 10.1 Å². The third kappa shape index (κ3) is 17.3. The van der Waals surface area contributed by atoms with Gasteiger partial charge in [0.15, 0.2) is 0 Å². The maximum Gasteiger partial charge on any atom is 1.00 e. The normalized spacial score (nSPS) is 11.6. The summed E-state index contributed by atoms with van der Waals surface area (Å²) < 4.78 is 28.9. The van der Waals surface area contributed by atoms with Gasteiger partial charge in [0, 0.05) is 0 Å². The second-order valence-electron chi connectivity index (χ2n) is 3.44. The molecule has 0 aliphatic rings. The number of hydrogen-bond donors (Lipinski definition) is 1. The van der Waals surface area contributed by atoms with Gasteiger partial charge in [-0.1, -0.05) is 45.1 Å². The summed E-state index contributed by atoms with van der Waals surface area (Å²) >= 11 is 0. The maximum atomic E-state index is 10.3. The molecular formula is C10H21NaO3S. The molecular weight excluding hydrogens is 223 g/mol. The van der Waals surface area contributed by atoms with Crippen molar-refractivity contribution in [3.8, 4) is 0 Å². The van der Waals surface area contributed by atoms with Gasteiger partial charge in [0.1, 0.15) is 0 Å². The van der Waals surface area contributed by atoms with Gasteiger partial charge in [-0.15, -0.1) is 0 Å². The van der Waals surface area contributed by atoms with Crippen LogP contribution in [0, 0.1) is 0 Å². The zero-order chi connectivity index (χ0) is 10.9. The Morgan fingerprint density at radius 2 is 1.67 bits per heavy atom. The zero-order valence-electron chi connectivity index (χ0n) is 10.8. The third-order valence-electron chi connectivity index (χ3n) is 1.99. The monoisotopic (exact) mass is 244 g/mol. The fraction of sp³-hybridized carbons (Fsp3) is 0.800. The minimum Gasteiger partial charge on any atom is -1.00 e. The van der Waals surface area contributed by atoms with Gasteiger partial charge in [0.25, 0.3) is 10.1 Å². The quantitative estimate of drug-likeness (QED) is 0.378. The van der Waals surface area contributed by atoms with Gasteiger partial charge in [-0.05, 0) is 12.8 Å². The van der Waals surface area contributed by atoms with Crippen LogP contribution >= 0.6 is 0 Å². The maximum absolute atomic E-state index is 10.3. The van der Waals surface area contributed by atoms with Crippen LogP contribution in [0.4, 0.5) is 0 Å². The standard InChI is InChI=1S/C10H20O3S.Na.H/c1-2-3-4-5-6-7-8-9-10-14(11,12)13;;/h9-10H,2-8H2,1H3,(H,11,12,13);;/q;+1;-1/b10-9+;;. The predicted molar refractivity (Wildman–Crippen MR) is 59.8 cm³/mol. The van der Waals surface area contributed by atoms with Crippen LogP contribution in [-0.2, 0) is 10.1 Å². The summed E-state index contributed by atoms with van der Waals surface area (Å²) in [5.74, 6) is 0. The summed E-state index contributed by atoms with van der Waals surface area (Å²) in [6.45, 7) is 2.18. The van der Waals surface area contributed by atoms with Crippen molar-refractivity contribution in [2.75, 3.05) is 0 Å². The van der Waals surface area contributed by atoms with Crippen LogP contribution in [0.3, 0.4) is 0 Å². The predicted octanol–water partition coefficient (Wildman–Crippen LogP) is 0.255. The minimum atomic E-state index is -3.91. The largest absolute Gasteiger partial charge is 1.00 e. The summed E-state index contributed by atoms with van der Waals surface area (Å²) in [5.41, 5.74) is 0. The molecule has 0 aromatic carbocycles. The molecule has 0 radical (unpaired) electrons. The number of rotatable bonds is 8. The van der Waals surface area contributed by atoms with Crippen molar-refractivity contribution >= 4 is 10.1 Å². The molecule has 0 amide bonds. The first-order chi connectivity index (χ1) is 6.56. The summed E-state index contributed by atoms with van der Waals surface area (Å²) in [6, 6.07) is 0. The molecule has 0 fully saturated rings. The first-order valence-corrected chi connectivity index (χ1v) is 6.70. The number of hydrogen-bond acceptors (Lipinski definition) is 2. The van der Waals surface area contributed by atoms with Gasteiger partial charge in [-0.3, -0.25) is 4.55 Å². The van der Waals surface area contributed by atoms with Crippen LogP contribution in [0.1, 0.15) is 53.3 Å². The van der Waals surface area contributed by atoms with E-state index in [1.165, 1.54) is 31.8 Å². The van der Waals surface area contributed by atoms with Crippen LogP contribution in [0.5, 0.6) is 0 Å². The Morgan fingerprint density at radius 3 is 2.20 bits per heavy atom. The van der Waals surface area contributed by atoms with Crippen molar-refractivity contribution in [1.82, 2.24) is 0 Å². The minimum absolute atomic E-state index is 0. The van der Waals surface area contributed by atoms with Crippen LogP contribution in [0.15, 0.2) is 11.5 Å². The molecule has 0 aliphatic carbocycles. The van der Waals surface area contributed by atoms with Crippen LogP contribution in [0.25, 0.3) is 0 Å². The van der Waals surface area contributed by atoms with E-state index in [0.29, 0.717) is 0 Å². The van der Waals surface area contributed by atoms with Gasteiger partial charge in [-0.25, -0.2) is 0 Å². The molecule has 0 saturated heterocycles. The fourth-order valence-electron chi connectivity index (χ4n) is 1.23. The van der Waals surface area contributed by atoms with Crippen LogP contribution < -0.4 is 29.6 Å². The molecule has 5 heteroatoms. The Hall–Kier alpha value is 0.650. The van der Waals surface area contributed by atoms with Crippen LogP contribution in [0.2, 0.25) is 0 Å². The molecule has 1 N–H and O–H groups in total. The molecule has 0 unspecified atom stereocenters. The summed E-state index contributed by atoms with van der Waals surface area (Å²) in [5, 5.41) is 0.860. The van der Waals surface area contributed by atoms with Crippen molar-refractivity contribution in [1.29, 1.82) is 0 Å². The molecule has 0 aliphatic heterocycles. The van der Waals surface area contributed by atoms with Crippen molar-refractivity contribution < 1.29 is 44.0 Å². The summed E-state index contributed by atoms with van der Waals surface area (Å²) in [7, 11) is -3.91. The van der Waals surface area contributed by atoms with E-state index in [1.54, 1.807) is 0 Å². The van der Waals surface area contributed by atoms with E-state index in [9.17, 15) is 8.42 Å². The molecule has 0 aromatic rings. The van der Waals surface area contributed by atoms with Crippen molar-refractivity contribution in [2.45, 2.75) is 51.9 Å². The molecule has 3 nitrogen and oxygen atoms in total. The Kier molecular flexibility index (Phi) is 13.4. The van der Waals surface area contributed by atoms with Gasteiger partial charge in [-0.2, -0.15) is 8.42 Å². The Balaban J connectivity index is -0.000000845. The molecule has 0 saturated carbocycles. The molecule has 15 heavy (non-hydrogen) atoms. The Bertz CT molecular complexity index is 253. The van der Waals surface area contributed by atoms with Crippen LogP contribution in [-0.4, -0.2) is 13.0 Å². The molecule has 86 valence electrons. The Labute approximate surface area is 117 Å². The topological polar surface area (TPSA) is 54.4 Å². The summed E-state index contributed by atoms with van der Waals surface area (Å²) in [6.07, 6.45) is 9.36. The van der Waals surface area contributed by atoms with E-state index in [1.807, 2.05) is 0 Å². The van der Waals surface area contributed by atoms with Crippen molar-refractivity contribution in [3.63, 3.8) is 0 Å². The van der Waals surface area contributed by atoms with E-state index >= 15 is 0 Å². The van der Waals surface area contributed by atoms with E-state index in [2.05, 4.69) is 6.92 Å². The first-order valence-electron chi connectivity index (χ1n) is 5.20. The zero-order valence-corrected chi connectivity index (χ0v) is 12.6. The molecule has 0 atom stereocenters. The van der Waals surface area contributed by atoms with Gasteiger partial charge in [0.2, 0.25) is 0 Å². The van der Waals surface area contributed by atoms with Crippen molar-refractivity contribution in [3.05, 3.63) is 11.5 Å². The van der Waals surface area contributed by atoms with Gasteiger partial charge >= 0.3 is 29.6 Å². The fourth-order valence-corrected chi connectivity index (χ4v) is 1.61. The third-order valence-corrected chi connectivity index (χ3v) is 2.53.